The first-order chi connectivity index (χ1) is 8.98. The molecule has 1 fully saturated rings. The van der Waals surface area contributed by atoms with Gasteiger partial charge in [0.1, 0.15) is 0 Å². The number of hydrogen-bond donors (Lipinski definition) is 1. The van der Waals surface area contributed by atoms with E-state index in [1.807, 2.05) is 0 Å². The van der Waals surface area contributed by atoms with E-state index in [2.05, 4.69) is 44.8 Å². The van der Waals surface area contributed by atoms with Crippen LogP contribution in [0.4, 0.5) is 0 Å². The lowest BCUT2D eigenvalue weighted by Gasteiger charge is -2.46. The highest BCUT2D eigenvalue weighted by Crippen LogP contribution is 2.24. The van der Waals surface area contributed by atoms with Crippen molar-refractivity contribution in [3.63, 3.8) is 0 Å². The Morgan fingerprint density at radius 2 is 1.79 bits per heavy atom. The molecule has 0 saturated carbocycles. The third-order valence-corrected chi connectivity index (χ3v) is 4.26. The van der Waals surface area contributed by atoms with Gasteiger partial charge in [0.05, 0.1) is 12.7 Å². The third-order valence-electron chi connectivity index (χ3n) is 4.26. The van der Waals surface area contributed by atoms with Crippen molar-refractivity contribution in [3.8, 4) is 0 Å². The van der Waals surface area contributed by atoms with Crippen LogP contribution in [0.25, 0.3) is 0 Å². The van der Waals surface area contributed by atoms with Gasteiger partial charge in [-0.3, -0.25) is 4.90 Å². The molecule has 1 heterocycles. The van der Waals surface area contributed by atoms with Crippen LogP contribution >= 0.6 is 0 Å². The first-order valence-electron chi connectivity index (χ1n) is 8.08. The lowest BCUT2D eigenvalue weighted by molar-refractivity contribution is -0.00284. The Balaban J connectivity index is 2.62. The van der Waals surface area contributed by atoms with E-state index >= 15 is 0 Å². The van der Waals surface area contributed by atoms with Crippen LogP contribution in [0.3, 0.4) is 0 Å². The maximum atomic E-state index is 5.89. The van der Waals surface area contributed by atoms with Gasteiger partial charge in [0.2, 0.25) is 0 Å². The van der Waals surface area contributed by atoms with E-state index in [9.17, 15) is 0 Å². The number of likely N-dealkylation sites (tertiary alicyclic amines) is 1. The van der Waals surface area contributed by atoms with Gasteiger partial charge in [-0.1, -0.05) is 13.3 Å². The summed E-state index contributed by atoms with van der Waals surface area (Å²) in [6.45, 7) is 15.5. The van der Waals surface area contributed by atoms with Gasteiger partial charge in [0.15, 0.2) is 0 Å². The van der Waals surface area contributed by atoms with Crippen LogP contribution < -0.4 is 5.32 Å². The maximum Gasteiger partial charge on any atom is 0.0641 e. The molecule has 0 aromatic heterocycles. The average molecular weight is 270 g/mol. The van der Waals surface area contributed by atoms with Crippen LogP contribution in [-0.2, 0) is 4.74 Å². The van der Waals surface area contributed by atoms with Gasteiger partial charge < -0.3 is 10.1 Å². The number of rotatable bonds is 8. The summed E-state index contributed by atoms with van der Waals surface area (Å²) in [5.41, 5.74) is 0.171. The zero-order valence-electron chi connectivity index (χ0n) is 13.7. The molecule has 0 aromatic carbocycles. The predicted octanol–water partition coefficient (Wildman–Crippen LogP) is 3.04. The summed E-state index contributed by atoms with van der Waals surface area (Å²) in [5, 5.41) is 3.70. The quantitative estimate of drug-likeness (QED) is 0.733. The van der Waals surface area contributed by atoms with Gasteiger partial charge in [-0.15, -0.1) is 0 Å². The SMILES string of the molecule is CCCNC(COC(C)C)C(C)(C)N1CCCCC1. The summed E-state index contributed by atoms with van der Waals surface area (Å²) < 4.78 is 5.89. The molecule has 3 nitrogen and oxygen atoms in total. The van der Waals surface area contributed by atoms with Crippen LogP contribution in [0.1, 0.15) is 60.3 Å². The Hall–Kier alpha value is -0.120. The number of piperidine rings is 1. The lowest BCUT2D eigenvalue weighted by atomic mass is 9.90. The Morgan fingerprint density at radius 3 is 2.32 bits per heavy atom. The molecule has 1 atom stereocenters. The van der Waals surface area contributed by atoms with Gasteiger partial charge in [-0.05, 0) is 66.6 Å². The zero-order valence-corrected chi connectivity index (χ0v) is 13.7. The normalized spacial score (nSPS) is 19.9. The fraction of sp³-hybridized carbons (Fsp3) is 1.00. The highest BCUT2D eigenvalue weighted by atomic mass is 16.5. The first kappa shape index (κ1) is 16.9. The van der Waals surface area contributed by atoms with Gasteiger partial charge in [-0.2, -0.15) is 0 Å². The van der Waals surface area contributed by atoms with Gasteiger partial charge in [-0.25, -0.2) is 0 Å². The molecule has 0 amide bonds. The minimum atomic E-state index is 0.171. The molecular weight excluding hydrogens is 236 g/mol. The second kappa shape index (κ2) is 8.23. The van der Waals surface area contributed by atoms with Crippen molar-refractivity contribution < 1.29 is 4.74 Å². The molecule has 19 heavy (non-hydrogen) atoms. The van der Waals surface area contributed by atoms with Crippen LogP contribution in [0.15, 0.2) is 0 Å². The van der Waals surface area contributed by atoms with Gasteiger partial charge >= 0.3 is 0 Å². The Kier molecular flexibility index (Phi) is 7.33. The van der Waals surface area contributed by atoms with Crippen molar-refractivity contribution >= 4 is 0 Å². The van der Waals surface area contributed by atoms with Crippen LogP contribution in [-0.4, -0.2) is 48.8 Å². The average Bonchev–Trinajstić information content (AvgIpc) is 2.39. The largest absolute Gasteiger partial charge is 0.377 e. The summed E-state index contributed by atoms with van der Waals surface area (Å²) in [4.78, 5) is 2.65. The van der Waals surface area contributed by atoms with Gasteiger partial charge in [0.25, 0.3) is 0 Å². The van der Waals surface area contributed by atoms with E-state index in [0.29, 0.717) is 12.1 Å². The van der Waals surface area contributed by atoms with Crippen molar-refractivity contribution in [1.29, 1.82) is 0 Å². The van der Waals surface area contributed by atoms with Crippen molar-refractivity contribution in [2.24, 2.45) is 0 Å². The third kappa shape index (κ3) is 5.41. The minimum absolute atomic E-state index is 0.171. The fourth-order valence-electron chi connectivity index (χ4n) is 2.81. The summed E-state index contributed by atoms with van der Waals surface area (Å²) in [7, 11) is 0. The summed E-state index contributed by atoms with van der Waals surface area (Å²) in [5.74, 6) is 0. The van der Waals surface area contributed by atoms with E-state index in [4.69, 9.17) is 4.74 Å². The molecule has 0 aromatic rings. The standard InChI is InChI=1S/C16H34N2O/c1-6-10-17-15(13-19-14(2)3)16(4,5)18-11-8-7-9-12-18/h14-15,17H,6-13H2,1-5H3. The molecule has 0 spiro atoms. The lowest BCUT2D eigenvalue weighted by Crippen LogP contribution is -2.60. The van der Waals surface area contributed by atoms with Crippen LogP contribution in [0.5, 0.6) is 0 Å². The smallest absolute Gasteiger partial charge is 0.0641 e. The van der Waals surface area contributed by atoms with E-state index in [-0.39, 0.29) is 5.54 Å². The molecule has 0 radical (unpaired) electrons. The van der Waals surface area contributed by atoms with Crippen molar-refractivity contribution in [2.45, 2.75) is 78.0 Å². The van der Waals surface area contributed by atoms with Crippen LogP contribution in [0.2, 0.25) is 0 Å². The second-order valence-corrected chi connectivity index (χ2v) is 6.59. The molecule has 1 aliphatic heterocycles. The van der Waals surface area contributed by atoms with E-state index in [1.165, 1.54) is 38.8 Å². The molecule has 1 N–H and O–H groups in total. The topological polar surface area (TPSA) is 24.5 Å². The Bertz CT molecular complexity index is 235. The molecule has 1 saturated heterocycles. The highest BCUT2D eigenvalue weighted by molar-refractivity contribution is 4.94. The Labute approximate surface area is 120 Å². The molecule has 1 aliphatic rings. The minimum Gasteiger partial charge on any atom is -0.377 e. The summed E-state index contributed by atoms with van der Waals surface area (Å²) in [6, 6.07) is 0.410. The molecule has 0 aliphatic carbocycles. The van der Waals surface area contributed by atoms with Crippen LogP contribution in [0, 0.1) is 0 Å². The molecule has 1 unspecified atom stereocenters. The molecule has 3 heteroatoms. The van der Waals surface area contributed by atoms with E-state index < -0.39 is 0 Å². The summed E-state index contributed by atoms with van der Waals surface area (Å²) >= 11 is 0. The molecule has 1 rings (SSSR count). The van der Waals surface area contributed by atoms with Crippen molar-refractivity contribution in [1.82, 2.24) is 10.2 Å². The second-order valence-electron chi connectivity index (χ2n) is 6.59. The number of nitrogens with zero attached hydrogens (tertiary/aromatic N) is 1. The fourth-order valence-corrected chi connectivity index (χ4v) is 2.81. The zero-order chi connectivity index (χ0) is 14.3. The number of ether oxygens (including phenoxy) is 1. The Morgan fingerprint density at radius 1 is 1.16 bits per heavy atom. The van der Waals surface area contributed by atoms with Crippen molar-refractivity contribution in [2.75, 3.05) is 26.2 Å². The molecule has 0 bridgehead atoms. The van der Waals surface area contributed by atoms with Gasteiger partial charge in [0, 0.05) is 11.6 Å². The predicted molar refractivity (Wildman–Crippen MR) is 82.7 cm³/mol. The van der Waals surface area contributed by atoms with E-state index in [0.717, 1.165) is 13.2 Å². The monoisotopic (exact) mass is 270 g/mol. The number of nitrogens with one attached hydrogen (secondary N) is 1. The number of hydrogen-bond acceptors (Lipinski definition) is 3. The molecule has 114 valence electrons. The summed E-state index contributed by atoms with van der Waals surface area (Å²) in [6.07, 6.45) is 5.56. The molecular formula is C16H34N2O. The van der Waals surface area contributed by atoms with E-state index in [1.54, 1.807) is 0 Å². The van der Waals surface area contributed by atoms with Crippen molar-refractivity contribution in [3.05, 3.63) is 0 Å². The first-order valence-corrected chi connectivity index (χ1v) is 8.08. The maximum absolute atomic E-state index is 5.89. The highest BCUT2D eigenvalue weighted by Gasteiger charge is 2.35.